The van der Waals surface area contributed by atoms with Crippen LogP contribution in [0.3, 0.4) is 0 Å². The molecular formula is C17H19N5O3S. The molecule has 0 atom stereocenters. The van der Waals surface area contributed by atoms with Gasteiger partial charge >= 0.3 is 0 Å². The van der Waals surface area contributed by atoms with Crippen molar-refractivity contribution in [2.24, 2.45) is 0 Å². The number of aryl methyl sites for hydroxylation is 1. The van der Waals surface area contributed by atoms with Gasteiger partial charge in [-0.1, -0.05) is 0 Å². The van der Waals surface area contributed by atoms with Gasteiger partial charge in [-0.2, -0.15) is 0 Å². The van der Waals surface area contributed by atoms with Crippen LogP contribution in [0.2, 0.25) is 0 Å². The summed E-state index contributed by atoms with van der Waals surface area (Å²) in [6.45, 7) is 3.90. The zero-order valence-corrected chi connectivity index (χ0v) is 15.6. The molecule has 1 aliphatic carbocycles. The number of rotatable bonds is 3. The van der Waals surface area contributed by atoms with Crippen LogP contribution in [0, 0.1) is 6.92 Å². The fraction of sp³-hybridized carbons (Fsp3) is 0.412. The predicted octanol–water partition coefficient (Wildman–Crippen LogP) is 1.73. The van der Waals surface area contributed by atoms with E-state index >= 15 is 0 Å². The molecule has 26 heavy (non-hydrogen) atoms. The van der Waals surface area contributed by atoms with Gasteiger partial charge in [0, 0.05) is 54.7 Å². The molecule has 8 nitrogen and oxygen atoms in total. The number of pyridine rings is 1. The summed E-state index contributed by atoms with van der Waals surface area (Å²) in [6, 6.07) is 3.60. The molecule has 0 saturated heterocycles. The maximum atomic E-state index is 11.9. The van der Waals surface area contributed by atoms with Crippen molar-refractivity contribution in [2.45, 2.75) is 37.3 Å². The molecule has 4 rings (SSSR count). The van der Waals surface area contributed by atoms with E-state index in [9.17, 15) is 13.2 Å². The average molecular weight is 373 g/mol. The van der Waals surface area contributed by atoms with E-state index in [2.05, 4.69) is 20.3 Å². The number of hydrogen-bond donors (Lipinski definition) is 1. The first-order chi connectivity index (χ1) is 12.2. The van der Waals surface area contributed by atoms with E-state index in [0.29, 0.717) is 23.9 Å². The summed E-state index contributed by atoms with van der Waals surface area (Å²) in [5, 5.41) is 2.52. The molecule has 9 heteroatoms. The van der Waals surface area contributed by atoms with E-state index in [1.165, 1.54) is 6.92 Å². The van der Waals surface area contributed by atoms with Crippen LogP contribution in [0.25, 0.3) is 0 Å². The van der Waals surface area contributed by atoms with Crippen LogP contribution in [0.1, 0.15) is 31.0 Å². The van der Waals surface area contributed by atoms with Gasteiger partial charge in [-0.15, -0.1) is 0 Å². The van der Waals surface area contributed by atoms with Crippen LogP contribution >= 0.6 is 0 Å². The zero-order valence-electron chi connectivity index (χ0n) is 14.8. The Morgan fingerprint density at radius 1 is 1.27 bits per heavy atom. The Bertz CT molecular complexity index is 1030. The summed E-state index contributed by atoms with van der Waals surface area (Å²) in [7, 11) is -3.51. The summed E-state index contributed by atoms with van der Waals surface area (Å²) in [5.41, 5.74) is 2.65. The first kappa shape index (κ1) is 16.9. The lowest BCUT2D eigenvalue weighted by atomic mass is 10.0. The molecular weight excluding hydrogens is 354 g/mol. The Kier molecular flexibility index (Phi) is 3.56. The number of carbonyl (C=O) groups is 1. The minimum absolute atomic E-state index is 0.0429. The van der Waals surface area contributed by atoms with Crippen molar-refractivity contribution in [1.82, 2.24) is 15.0 Å². The summed E-state index contributed by atoms with van der Waals surface area (Å²) < 4.78 is 23.8. The maximum absolute atomic E-state index is 11.9. The molecule has 0 unspecified atom stereocenters. The fourth-order valence-corrected chi connectivity index (χ4v) is 3.98. The molecule has 2 aromatic heterocycles. The highest BCUT2D eigenvalue weighted by molar-refractivity contribution is 7.90. The third-order valence-electron chi connectivity index (χ3n) is 4.79. The lowest BCUT2D eigenvalue weighted by molar-refractivity contribution is -0.114. The van der Waals surface area contributed by atoms with Gasteiger partial charge in [-0.05, 0) is 19.8 Å². The SMILES string of the molecule is CC(=O)Nc1cc2c(cn1)C1(CC1)CN2c1cc(C)nc(S(C)(=O)=O)n1. The molecule has 0 radical (unpaired) electrons. The smallest absolute Gasteiger partial charge is 0.248 e. The van der Waals surface area contributed by atoms with E-state index in [0.717, 1.165) is 30.3 Å². The molecule has 2 aromatic rings. The van der Waals surface area contributed by atoms with Gasteiger partial charge in [0.1, 0.15) is 11.6 Å². The van der Waals surface area contributed by atoms with Crippen molar-refractivity contribution in [2.75, 3.05) is 23.0 Å². The monoisotopic (exact) mass is 373 g/mol. The number of sulfone groups is 1. The first-order valence-electron chi connectivity index (χ1n) is 8.29. The number of amides is 1. The van der Waals surface area contributed by atoms with E-state index in [-0.39, 0.29) is 16.5 Å². The van der Waals surface area contributed by atoms with E-state index in [1.54, 1.807) is 19.2 Å². The Labute approximate surface area is 151 Å². The summed E-state index contributed by atoms with van der Waals surface area (Å²) in [5.74, 6) is 0.816. The molecule has 1 aliphatic heterocycles. The Morgan fingerprint density at radius 2 is 2.00 bits per heavy atom. The predicted molar refractivity (Wildman–Crippen MR) is 96.3 cm³/mol. The van der Waals surface area contributed by atoms with E-state index in [1.807, 2.05) is 11.0 Å². The average Bonchev–Trinajstić information content (AvgIpc) is 3.23. The summed E-state index contributed by atoms with van der Waals surface area (Å²) >= 11 is 0. The highest BCUT2D eigenvalue weighted by atomic mass is 32.2. The van der Waals surface area contributed by atoms with Crippen molar-refractivity contribution < 1.29 is 13.2 Å². The topological polar surface area (TPSA) is 105 Å². The molecule has 1 N–H and O–H groups in total. The lowest BCUT2D eigenvalue weighted by Gasteiger charge is -2.20. The normalized spacial score (nSPS) is 17.3. The molecule has 1 fully saturated rings. The second-order valence-corrected chi connectivity index (χ2v) is 8.97. The molecule has 1 amide bonds. The number of fused-ring (bicyclic) bond motifs is 2. The third-order valence-corrected chi connectivity index (χ3v) is 5.64. The first-order valence-corrected chi connectivity index (χ1v) is 10.2. The minimum Gasteiger partial charge on any atom is -0.325 e. The number of nitrogens with zero attached hydrogens (tertiary/aromatic N) is 4. The maximum Gasteiger partial charge on any atom is 0.248 e. The Balaban J connectivity index is 1.83. The van der Waals surface area contributed by atoms with Gasteiger partial charge in [0.2, 0.25) is 20.9 Å². The third kappa shape index (κ3) is 2.82. The van der Waals surface area contributed by atoms with Gasteiger partial charge < -0.3 is 10.2 Å². The lowest BCUT2D eigenvalue weighted by Crippen LogP contribution is -2.21. The van der Waals surface area contributed by atoms with Crippen molar-refractivity contribution >= 4 is 33.1 Å². The van der Waals surface area contributed by atoms with Crippen LogP contribution in [0.15, 0.2) is 23.5 Å². The quantitative estimate of drug-likeness (QED) is 0.817. The highest BCUT2D eigenvalue weighted by Crippen LogP contribution is 2.57. The number of carbonyl (C=O) groups excluding carboxylic acids is 1. The molecule has 2 aliphatic rings. The van der Waals surface area contributed by atoms with Gasteiger partial charge in [-0.25, -0.2) is 23.4 Å². The minimum atomic E-state index is -3.51. The summed E-state index contributed by atoms with van der Waals surface area (Å²) in [4.78, 5) is 26.0. The van der Waals surface area contributed by atoms with Gasteiger partial charge in [-0.3, -0.25) is 4.79 Å². The van der Waals surface area contributed by atoms with Gasteiger partial charge in [0.25, 0.3) is 0 Å². The zero-order chi connectivity index (χ0) is 18.7. The molecule has 1 saturated carbocycles. The van der Waals surface area contributed by atoms with Crippen LogP contribution in [-0.2, 0) is 20.0 Å². The second kappa shape index (κ2) is 5.47. The van der Waals surface area contributed by atoms with Crippen LogP contribution < -0.4 is 10.2 Å². The number of aromatic nitrogens is 3. The van der Waals surface area contributed by atoms with E-state index in [4.69, 9.17) is 0 Å². The second-order valence-electron chi connectivity index (χ2n) is 7.06. The highest BCUT2D eigenvalue weighted by Gasteiger charge is 2.52. The Hall–Kier alpha value is -2.55. The van der Waals surface area contributed by atoms with Crippen molar-refractivity contribution in [3.8, 4) is 0 Å². The van der Waals surface area contributed by atoms with E-state index < -0.39 is 9.84 Å². The van der Waals surface area contributed by atoms with Crippen LogP contribution in [0.5, 0.6) is 0 Å². The Morgan fingerprint density at radius 3 is 2.62 bits per heavy atom. The van der Waals surface area contributed by atoms with Gasteiger partial charge in [0.15, 0.2) is 0 Å². The number of hydrogen-bond acceptors (Lipinski definition) is 7. The molecule has 0 bridgehead atoms. The molecule has 3 heterocycles. The standard InChI is InChI=1S/C17H19N5O3S/c1-10-6-15(21-16(19-10)26(3,24)25)22-9-17(4-5-17)12-8-18-14(7-13(12)22)20-11(2)23/h6-8H,4-5,9H2,1-3H3,(H,18,20,23). The van der Waals surface area contributed by atoms with Crippen LogP contribution in [0.4, 0.5) is 17.3 Å². The molecule has 1 spiro atoms. The molecule has 136 valence electrons. The van der Waals surface area contributed by atoms with Crippen LogP contribution in [-0.4, -0.2) is 42.1 Å². The van der Waals surface area contributed by atoms with Crippen molar-refractivity contribution in [1.29, 1.82) is 0 Å². The number of nitrogens with one attached hydrogen (secondary N) is 1. The van der Waals surface area contributed by atoms with Gasteiger partial charge in [0.05, 0.1) is 5.69 Å². The summed E-state index contributed by atoms with van der Waals surface area (Å²) in [6.07, 6.45) is 5.02. The van der Waals surface area contributed by atoms with Crippen molar-refractivity contribution in [3.63, 3.8) is 0 Å². The van der Waals surface area contributed by atoms with Crippen molar-refractivity contribution in [3.05, 3.63) is 29.6 Å². The molecule has 0 aromatic carbocycles. The fourth-order valence-electron chi connectivity index (χ4n) is 3.41. The number of anilines is 3. The largest absolute Gasteiger partial charge is 0.325 e.